The van der Waals surface area contributed by atoms with Gasteiger partial charge in [0.25, 0.3) is 0 Å². The highest BCUT2D eigenvalue weighted by Crippen LogP contribution is 2.45. The lowest BCUT2D eigenvalue weighted by atomic mass is 9.66. The number of rotatable bonds is 11. The standard InChI is InChI=1S/C50H47N3/c1-5-16-37-18-10-13-25-44(37)36(4)48-45-26-14-11-19-38(45)28-30-47(48)53-42-23-15-22-40(31-42)50(33-51,49(52)39-20-7-6-8-21-39)41-29-27-35(3)46(32-41)43-24-12-9-17-34(43)2/h5-32,49,53H,4,33,51-52H2,1-3H3/b16-5-. The minimum atomic E-state index is -0.745. The van der Waals surface area contributed by atoms with Gasteiger partial charge in [-0.1, -0.05) is 152 Å². The molecule has 0 saturated carbocycles. The van der Waals surface area contributed by atoms with Crippen LogP contribution in [0, 0.1) is 13.8 Å². The van der Waals surface area contributed by atoms with Crippen LogP contribution >= 0.6 is 0 Å². The van der Waals surface area contributed by atoms with Crippen LogP contribution in [0.25, 0.3) is 33.5 Å². The van der Waals surface area contributed by atoms with Gasteiger partial charge in [0.05, 0.1) is 5.41 Å². The Bertz CT molecular complexity index is 2440. The molecule has 0 aliphatic rings. The predicted octanol–water partition coefficient (Wildman–Crippen LogP) is 11.9. The molecule has 3 nitrogen and oxygen atoms in total. The van der Waals surface area contributed by atoms with Crippen LogP contribution in [0.4, 0.5) is 11.4 Å². The van der Waals surface area contributed by atoms with Gasteiger partial charge in [-0.2, -0.15) is 0 Å². The summed E-state index contributed by atoms with van der Waals surface area (Å²) >= 11 is 0. The molecule has 0 heterocycles. The van der Waals surface area contributed by atoms with Crippen LogP contribution in [-0.4, -0.2) is 6.54 Å². The topological polar surface area (TPSA) is 64.1 Å². The Morgan fingerprint density at radius 3 is 2.19 bits per heavy atom. The zero-order chi connectivity index (χ0) is 37.0. The van der Waals surface area contributed by atoms with Crippen LogP contribution in [0.1, 0.15) is 57.5 Å². The Morgan fingerprint density at radius 1 is 0.698 bits per heavy atom. The van der Waals surface area contributed by atoms with Gasteiger partial charge in [0.15, 0.2) is 0 Å². The second kappa shape index (κ2) is 15.3. The highest BCUT2D eigenvalue weighted by Gasteiger charge is 2.40. The normalized spacial score (nSPS) is 13.2. The third kappa shape index (κ3) is 6.73. The van der Waals surface area contributed by atoms with Gasteiger partial charge in [-0.25, -0.2) is 0 Å². The number of allylic oxidation sites excluding steroid dienone is 1. The van der Waals surface area contributed by atoms with E-state index in [4.69, 9.17) is 18.0 Å². The lowest BCUT2D eigenvalue weighted by molar-refractivity contribution is 0.426. The largest absolute Gasteiger partial charge is 0.355 e. The van der Waals surface area contributed by atoms with Crippen molar-refractivity contribution in [2.24, 2.45) is 11.5 Å². The fourth-order valence-corrected chi connectivity index (χ4v) is 7.86. The van der Waals surface area contributed by atoms with E-state index < -0.39 is 11.5 Å². The molecular weight excluding hydrogens is 643 g/mol. The van der Waals surface area contributed by atoms with E-state index in [0.29, 0.717) is 6.54 Å². The third-order valence-electron chi connectivity index (χ3n) is 10.7. The molecule has 7 rings (SSSR count). The van der Waals surface area contributed by atoms with Crippen LogP contribution in [0.2, 0.25) is 0 Å². The average Bonchev–Trinajstić information content (AvgIpc) is 3.19. The maximum absolute atomic E-state index is 7.42. The van der Waals surface area contributed by atoms with Crippen molar-refractivity contribution in [3.8, 4) is 11.1 Å². The Morgan fingerprint density at radius 2 is 1.40 bits per heavy atom. The van der Waals surface area contributed by atoms with Crippen molar-refractivity contribution >= 4 is 33.8 Å². The van der Waals surface area contributed by atoms with E-state index >= 15 is 0 Å². The lowest BCUT2D eigenvalue weighted by Crippen LogP contribution is -2.46. The molecule has 0 spiro atoms. The molecule has 2 unspecified atom stereocenters. The first-order valence-corrected chi connectivity index (χ1v) is 18.3. The van der Waals surface area contributed by atoms with E-state index in [-0.39, 0.29) is 0 Å². The van der Waals surface area contributed by atoms with Crippen molar-refractivity contribution < 1.29 is 0 Å². The van der Waals surface area contributed by atoms with Crippen molar-refractivity contribution in [3.05, 3.63) is 215 Å². The van der Waals surface area contributed by atoms with E-state index in [1.807, 2.05) is 25.1 Å². The van der Waals surface area contributed by atoms with Gasteiger partial charge >= 0.3 is 0 Å². The molecule has 2 atom stereocenters. The number of benzene rings is 7. The Kier molecular flexibility index (Phi) is 10.2. The summed E-state index contributed by atoms with van der Waals surface area (Å²) in [7, 11) is 0. The molecule has 53 heavy (non-hydrogen) atoms. The van der Waals surface area contributed by atoms with E-state index in [1.54, 1.807) is 0 Å². The minimum absolute atomic E-state index is 0.308. The summed E-state index contributed by atoms with van der Waals surface area (Å²) in [5, 5.41) is 6.12. The Balaban J connectivity index is 1.39. The van der Waals surface area contributed by atoms with Gasteiger partial charge in [-0.05, 0) is 111 Å². The predicted molar refractivity (Wildman–Crippen MR) is 228 cm³/mol. The number of hydrogen-bond donors (Lipinski definition) is 3. The van der Waals surface area contributed by atoms with Crippen molar-refractivity contribution in [2.75, 3.05) is 11.9 Å². The molecule has 5 N–H and O–H groups in total. The summed E-state index contributed by atoms with van der Waals surface area (Å²) in [6.45, 7) is 11.4. The van der Waals surface area contributed by atoms with E-state index in [2.05, 4.69) is 171 Å². The highest BCUT2D eigenvalue weighted by molar-refractivity contribution is 6.03. The molecule has 0 aliphatic heterocycles. The van der Waals surface area contributed by atoms with Crippen molar-refractivity contribution in [1.82, 2.24) is 0 Å². The van der Waals surface area contributed by atoms with Crippen LogP contribution < -0.4 is 16.8 Å². The van der Waals surface area contributed by atoms with Crippen LogP contribution in [0.3, 0.4) is 0 Å². The monoisotopic (exact) mass is 689 g/mol. The number of nitrogens with one attached hydrogen (secondary N) is 1. The van der Waals surface area contributed by atoms with Gasteiger partial charge in [0.1, 0.15) is 0 Å². The van der Waals surface area contributed by atoms with E-state index in [1.165, 1.54) is 22.3 Å². The Hall–Kier alpha value is -6.00. The quantitative estimate of drug-likeness (QED) is 0.127. The Labute approximate surface area is 314 Å². The molecule has 0 radical (unpaired) electrons. The van der Waals surface area contributed by atoms with Crippen LogP contribution in [0.15, 0.2) is 170 Å². The zero-order valence-electron chi connectivity index (χ0n) is 30.8. The molecule has 0 amide bonds. The number of hydrogen-bond acceptors (Lipinski definition) is 3. The zero-order valence-corrected chi connectivity index (χ0v) is 30.8. The van der Waals surface area contributed by atoms with Gasteiger partial charge in [-0.15, -0.1) is 0 Å². The second-order valence-corrected chi connectivity index (χ2v) is 13.9. The van der Waals surface area contributed by atoms with Gasteiger partial charge in [0.2, 0.25) is 0 Å². The van der Waals surface area contributed by atoms with Gasteiger partial charge < -0.3 is 16.8 Å². The van der Waals surface area contributed by atoms with Gasteiger partial charge in [0, 0.05) is 29.5 Å². The van der Waals surface area contributed by atoms with E-state index in [0.717, 1.165) is 61.1 Å². The number of anilines is 2. The first kappa shape index (κ1) is 35.4. The maximum Gasteiger partial charge on any atom is 0.0518 e. The third-order valence-corrected chi connectivity index (χ3v) is 10.7. The summed E-state index contributed by atoms with van der Waals surface area (Å²) < 4.78 is 0. The molecule has 0 bridgehead atoms. The maximum atomic E-state index is 7.42. The minimum Gasteiger partial charge on any atom is -0.355 e. The van der Waals surface area contributed by atoms with Crippen LogP contribution in [-0.2, 0) is 5.41 Å². The number of nitrogens with two attached hydrogens (primary N) is 2. The number of fused-ring (bicyclic) bond motifs is 1. The van der Waals surface area contributed by atoms with Crippen molar-refractivity contribution in [3.63, 3.8) is 0 Å². The molecule has 3 heteroatoms. The fourth-order valence-electron chi connectivity index (χ4n) is 7.86. The number of aryl methyl sites for hydroxylation is 2. The summed E-state index contributed by atoms with van der Waals surface area (Å²) in [6, 6.07) is 55.1. The van der Waals surface area contributed by atoms with Crippen molar-refractivity contribution in [2.45, 2.75) is 32.2 Å². The molecule has 0 aliphatic carbocycles. The molecule has 262 valence electrons. The van der Waals surface area contributed by atoms with Crippen molar-refractivity contribution in [1.29, 1.82) is 0 Å². The SMILES string of the molecule is C=C(c1ccccc1/C=C\C)c1c(Nc2cccc(C(CN)(c3ccc(C)c(-c4ccccc4C)c3)C(N)c3ccccc3)c2)ccc2ccccc12. The molecule has 0 saturated heterocycles. The molecule has 0 fully saturated rings. The summed E-state index contributed by atoms with van der Waals surface area (Å²) in [5.41, 5.74) is 27.8. The highest BCUT2D eigenvalue weighted by atomic mass is 14.9. The fraction of sp³-hybridized carbons (Fsp3) is 0.120. The average molecular weight is 690 g/mol. The lowest BCUT2D eigenvalue weighted by Gasteiger charge is -2.40. The summed E-state index contributed by atoms with van der Waals surface area (Å²) in [5.74, 6) is 0. The molecule has 0 aromatic heterocycles. The first-order valence-electron chi connectivity index (χ1n) is 18.3. The summed E-state index contributed by atoms with van der Waals surface area (Å²) in [4.78, 5) is 0. The second-order valence-electron chi connectivity index (χ2n) is 13.9. The summed E-state index contributed by atoms with van der Waals surface area (Å²) in [6.07, 6.45) is 4.21. The molecular formula is C50H47N3. The molecule has 7 aromatic rings. The smallest absolute Gasteiger partial charge is 0.0518 e. The van der Waals surface area contributed by atoms with Gasteiger partial charge in [-0.3, -0.25) is 0 Å². The first-order chi connectivity index (χ1) is 25.8. The molecule has 7 aromatic carbocycles. The van der Waals surface area contributed by atoms with Crippen LogP contribution in [0.5, 0.6) is 0 Å². The van der Waals surface area contributed by atoms with E-state index in [9.17, 15) is 0 Å².